The van der Waals surface area contributed by atoms with Gasteiger partial charge in [0.15, 0.2) is 5.69 Å². The number of hydrogen-bond donors (Lipinski definition) is 0. The summed E-state index contributed by atoms with van der Waals surface area (Å²) in [6.07, 6.45) is 4.51. The minimum absolute atomic E-state index is 0.129. The second kappa shape index (κ2) is 5.72. The van der Waals surface area contributed by atoms with Crippen LogP contribution in [0.5, 0.6) is 0 Å². The summed E-state index contributed by atoms with van der Waals surface area (Å²) in [7, 11) is 1.28. The van der Waals surface area contributed by atoms with Gasteiger partial charge < -0.3 is 4.74 Å². The van der Waals surface area contributed by atoms with Crippen molar-refractivity contribution < 1.29 is 13.9 Å². The van der Waals surface area contributed by atoms with E-state index in [4.69, 9.17) is 0 Å². The lowest BCUT2D eigenvalue weighted by atomic mass is 10.3. The van der Waals surface area contributed by atoms with Gasteiger partial charge in [-0.1, -0.05) is 0 Å². The fraction of sp³-hybridized carbons (Fsp3) is 0.0667. The molecule has 0 atom stereocenters. The normalized spacial score (nSPS) is 10.5. The zero-order valence-corrected chi connectivity index (χ0v) is 11.6. The van der Waals surface area contributed by atoms with Crippen LogP contribution in [0.1, 0.15) is 10.5 Å². The molecule has 0 unspecified atom stereocenters. The number of aromatic nitrogens is 4. The number of benzene rings is 1. The average molecular weight is 298 g/mol. The Bertz CT molecular complexity index is 797. The molecular formula is C15H11FN4O2. The van der Waals surface area contributed by atoms with E-state index in [2.05, 4.69) is 19.8 Å². The maximum atomic E-state index is 12.9. The molecule has 2 heterocycles. The van der Waals surface area contributed by atoms with Crippen LogP contribution in [0.15, 0.2) is 48.9 Å². The number of nitrogens with zero attached hydrogens (tertiary/aromatic N) is 4. The first-order valence-electron chi connectivity index (χ1n) is 6.40. The minimum Gasteiger partial charge on any atom is -0.464 e. The number of ether oxygens (including phenoxy) is 1. The molecule has 0 aliphatic heterocycles. The molecule has 0 spiro atoms. The molecule has 0 aliphatic rings. The van der Waals surface area contributed by atoms with E-state index in [0.717, 1.165) is 5.69 Å². The summed E-state index contributed by atoms with van der Waals surface area (Å²) in [4.78, 5) is 19.4. The Morgan fingerprint density at radius 3 is 2.50 bits per heavy atom. The maximum absolute atomic E-state index is 12.9. The van der Waals surface area contributed by atoms with E-state index >= 15 is 0 Å². The van der Waals surface area contributed by atoms with Crippen LogP contribution in [0.3, 0.4) is 0 Å². The molecule has 0 N–H and O–H groups in total. The summed E-state index contributed by atoms with van der Waals surface area (Å²) in [6, 6.07) is 7.73. The van der Waals surface area contributed by atoms with Crippen molar-refractivity contribution in [2.75, 3.05) is 7.11 Å². The van der Waals surface area contributed by atoms with E-state index in [-0.39, 0.29) is 11.5 Å². The van der Waals surface area contributed by atoms with Gasteiger partial charge in [-0.25, -0.2) is 18.9 Å². The molecule has 110 valence electrons. The van der Waals surface area contributed by atoms with Crippen molar-refractivity contribution >= 4 is 5.97 Å². The highest BCUT2D eigenvalue weighted by Crippen LogP contribution is 2.16. The highest BCUT2D eigenvalue weighted by Gasteiger charge is 2.10. The second-order valence-electron chi connectivity index (χ2n) is 4.40. The molecule has 0 bridgehead atoms. The topological polar surface area (TPSA) is 69.9 Å². The van der Waals surface area contributed by atoms with E-state index in [1.54, 1.807) is 29.1 Å². The highest BCUT2D eigenvalue weighted by atomic mass is 19.1. The van der Waals surface area contributed by atoms with Crippen molar-refractivity contribution in [3.05, 3.63) is 60.4 Å². The lowest BCUT2D eigenvalue weighted by molar-refractivity contribution is 0.0593. The molecule has 1 aromatic carbocycles. The molecule has 0 radical (unpaired) electrons. The molecule has 0 aliphatic carbocycles. The van der Waals surface area contributed by atoms with Crippen molar-refractivity contribution in [3.8, 4) is 17.1 Å². The predicted molar refractivity (Wildman–Crippen MR) is 75.9 cm³/mol. The molecule has 2 aromatic heterocycles. The highest BCUT2D eigenvalue weighted by molar-refractivity contribution is 5.86. The van der Waals surface area contributed by atoms with Crippen LogP contribution >= 0.6 is 0 Å². The first-order valence-corrected chi connectivity index (χ1v) is 6.40. The number of esters is 1. The summed E-state index contributed by atoms with van der Waals surface area (Å²) in [5, 5.41) is 4.35. The molecule has 0 fully saturated rings. The quantitative estimate of drug-likeness (QED) is 0.694. The molecule has 0 amide bonds. The number of carbonyl (C=O) groups is 1. The van der Waals surface area contributed by atoms with Crippen LogP contribution in [0, 0.1) is 5.82 Å². The van der Waals surface area contributed by atoms with E-state index in [1.807, 2.05) is 0 Å². The number of carbonyl (C=O) groups excluding carboxylic acids is 1. The fourth-order valence-corrected chi connectivity index (χ4v) is 1.87. The molecular weight excluding hydrogens is 287 g/mol. The predicted octanol–water partition coefficient (Wildman–Crippen LogP) is 2.25. The van der Waals surface area contributed by atoms with Gasteiger partial charge in [0.2, 0.25) is 0 Å². The van der Waals surface area contributed by atoms with Gasteiger partial charge in [-0.15, -0.1) is 0 Å². The number of hydrogen-bond acceptors (Lipinski definition) is 5. The van der Waals surface area contributed by atoms with Crippen LogP contribution in [0.25, 0.3) is 17.1 Å². The van der Waals surface area contributed by atoms with Crippen molar-refractivity contribution in [2.24, 2.45) is 0 Å². The van der Waals surface area contributed by atoms with Crippen molar-refractivity contribution in [1.82, 2.24) is 19.7 Å². The molecule has 7 heteroatoms. The van der Waals surface area contributed by atoms with Gasteiger partial charge in [0.1, 0.15) is 17.2 Å². The molecule has 3 aromatic rings. The van der Waals surface area contributed by atoms with Gasteiger partial charge in [0, 0.05) is 6.20 Å². The Morgan fingerprint density at radius 1 is 1.09 bits per heavy atom. The Labute approximate surface area is 125 Å². The average Bonchev–Trinajstić information content (AvgIpc) is 3.05. The molecule has 22 heavy (non-hydrogen) atoms. The molecule has 0 saturated carbocycles. The van der Waals surface area contributed by atoms with Gasteiger partial charge in [0.25, 0.3) is 0 Å². The van der Waals surface area contributed by atoms with Gasteiger partial charge in [-0.2, -0.15) is 5.10 Å². The Hall–Kier alpha value is -3.09. The van der Waals surface area contributed by atoms with Crippen molar-refractivity contribution in [3.63, 3.8) is 0 Å². The largest absolute Gasteiger partial charge is 0.464 e. The first-order chi connectivity index (χ1) is 10.7. The van der Waals surface area contributed by atoms with Crippen LogP contribution in [-0.4, -0.2) is 32.8 Å². The summed E-state index contributed by atoms with van der Waals surface area (Å²) in [6.45, 7) is 0. The van der Waals surface area contributed by atoms with Crippen LogP contribution < -0.4 is 0 Å². The lowest BCUT2D eigenvalue weighted by Crippen LogP contribution is -2.05. The van der Waals surface area contributed by atoms with Crippen molar-refractivity contribution in [1.29, 1.82) is 0 Å². The monoisotopic (exact) mass is 298 g/mol. The van der Waals surface area contributed by atoms with E-state index in [1.165, 1.54) is 31.6 Å². The van der Waals surface area contributed by atoms with Crippen LogP contribution in [0.2, 0.25) is 0 Å². The number of rotatable bonds is 3. The summed E-state index contributed by atoms with van der Waals surface area (Å²) >= 11 is 0. The molecule has 3 rings (SSSR count). The lowest BCUT2D eigenvalue weighted by Gasteiger charge is -2.01. The van der Waals surface area contributed by atoms with Gasteiger partial charge >= 0.3 is 5.97 Å². The number of halogens is 1. The summed E-state index contributed by atoms with van der Waals surface area (Å²) < 4.78 is 19.1. The zero-order valence-electron chi connectivity index (χ0n) is 11.6. The molecule has 0 saturated heterocycles. The van der Waals surface area contributed by atoms with E-state index in [9.17, 15) is 9.18 Å². The first kappa shape index (κ1) is 13.9. The Kier molecular flexibility index (Phi) is 3.61. The SMILES string of the molecule is COC(=O)c1cnc(-c2ccn(-c3ccc(F)cc3)n2)cn1. The smallest absolute Gasteiger partial charge is 0.358 e. The van der Waals surface area contributed by atoms with Gasteiger partial charge in [-0.05, 0) is 30.3 Å². The van der Waals surface area contributed by atoms with E-state index in [0.29, 0.717) is 11.4 Å². The van der Waals surface area contributed by atoms with Crippen molar-refractivity contribution in [2.45, 2.75) is 0 Å². The Morgan fingerprint density at radius 2 is 1.86 bits per heavy atom. The summed E-state index contributed by atoms with van der Waals surface area (Å²) in [5.74, 6) is -0.851. The fourth-order valence-electron chi connectivity index (χ4n) is 1.87. The third-order valence-electron chi connectivity index (χ3n) is 2.99. The maximum Gasteiger partial charge on any atom is 0.358 e. The third kappa shape index (κ3) is 2.69. The van der Waals surface area contributed by atoms with Crippen LogP contribution in [-0.2, 0) is 4.74 Å². The standard InChI is InChI=1S/C15H11FN4O2/c1-22-15(21)14-9-17-13(8-18-14)12-6-7-20(19-12)11-4-2-10(16)3-5-11/h2-9H,1H3. The second-order valence-corrected chi connectivity index (χ2v) is 4.40. The zero-order chi connectivity index (χ0) is 15.5. The third-order valence-corrected chi connectivity index (χ3v) is 2.99. The van der Waals surface area contributed by atoms with E-state index < -0.39 is 5.97 Å². The molecule has 6 nitrogen and oxygen atoms in total. The van der Waals surface area contributed by atoms with Gasteiger partial charge in [-0.3, -0.25) is 4.98 Å². The Balaban J connectivity index is 1.87. The van der Waals surface area contributed by atoms with Crippen LogP contribution in [0.4, 0.5) is 4.39 Å². The minimum atomic E-state index is -0.545. The summed E-state index contributed by atoms with van der Waals surface area (Å²) in [5.41, 5.74) is 1.97. The number of methoxy groups -OCH3 is 1. The van der Waals surface area contributed by atoms with Gasteiger partial charge in [0.05, 0.1) is 25.2 Å².